The van der Waals surface area contributed by atoms with Crippen LogP contribution in [0.5, 0.6) is 0 Å². The molecule has 0 aliphatic rings. The summed E-state index contributed by atoms with van der Waals surface area (Å²) in [5.74, 6) is -0.625. The van der Waals surface area contributed by atoms with E-state index in [1.54, 1.807) is 48.5 Å². The Morgan fingerprint density at radius 2 is 1.57 bits per heavy atom. The number of amides is 2. The highest BCUT2D eigenvalue weighted by molar-refractivity contribution is 8.32. The smallest absolute Gasteiger partial charge is 0.433 e. The zero-order valence-corrected chi connectivity index (χ0v) is 20.8. The maximum absolute atomic E-state index is 13.8. The second kappa shape index (κ2) is 10.2. The maximum atomic E-state index is 13.8. The zero-order chi connectivity index (χ0) is 25.0. The fraction of sp³-hybridized carbons (Fsp3) is 0.115. The summed E-state index contributed by atoms with van der Waals surface area (Å²) < 4.78 is 17.7. The van der Waals surface area contributed by atoms with Crippen molar-refractivity contribution in [3.8, 4) is 11.3 Å². The highest BCUT2D eigenvalue weighted by Gasteiger charge is 2.26. The summed E-state index contributed by atoms with van der Waals surface area (Å²) in [7, 11) is -1.50. The second-order valence-corrected chi connectivity index (χ2v) is 12.1. The first-order valence-corrected chi connectivity index (χ1v) is 13.7. The van der Waals surface area contributed by atoms with Gasteiger partial charge in [0.2, 0.25) is 0 Å². The summed E-state index contributed by atoms with van der Waals surface area (Å²) in [6.07, 6.45) is 0.703. The van der Waals surface area contributed by atoms with E-state index in [9.17, 15) is 13.8 Å². The number of carbonyl (C=O) groups is 2. The number of ether oxygens (including phenoxy) is 1. The molecule has 1 aromatic heterocycles. The van der Waals surface area contributed by atoms with Gasteiger partial charge < -0.3 is 4.74 Å². The number of aromatic nitrogens is 1. The summed E-state index contributed by atoms with van der Waals surface area (Å²) in [6.45, 7) is 0. The highest BCUT2D eigenvalue weighted by atomic mass is 32.8. The van der Waals surface area contributed by atoms with Crippen LogP contribution in [-0.2, 0) is 30.2 Å². The van der Waals surface area contributed by atoms with Crippen LogP contribution in [0, 0.1) is 0 Å². The van der Waals surface area contributed by atoms with Crippen LogP contribution < -0.4 is 10.4 Å². The van der Waals surface area contributed by atoms with E-state index in [-0.39, 0.29) is 11.3 Å². The van der Waals surface area contributed by atoms with E-state index < -0.39 is 20.5 Å². The lowest BCUT2D eigenvalue weighted by Gasteiger charge is -2.24. The summed E-state index contributed by atoms with van der Waals surface area (Å²) in [6, 6.07) is 25.1. The Kier molecular flexibility index (Phi) is 7.09. The minimum atomic E-state index is -2.73. The molecule has 0 saturated carbocycles. The van der Waals surface area contributed by atoms with Crippen molar-refractivity contribution in [1.29, 1.82) is 0 Å². The van der Waals surface area contributed by atoms with Gasteiger partial charge in [0.25, 0.3) is 5.91 Å². The number of nitrogens with zero attached hydrogens (tertiary/aromatic N) is 2. The van der Waals surface area contributed by atoms with Gasteiger partial charge in [0, 0.05) is 31.3 Å². The molecule has 0 aliphatic carbocycles. The Morgan fingerprint density at radius 1 is 0.971 bits per heavy atom. The molecule has 2 amide bonds. The molecule has 4 rings (SSSR count). The number of benzene rings is 3. The van der Waals surface area contributed by atoms with Crippen molar-refractivity contribution in [3.05, 3.63) is 96.1 Å². The van der Waals surface area contributed by atoms with E-state index in [1.807, 2.05) is 36.4 Å². The predicted octanol–water partition coefficient (Wildman–Crippen LogP) is 4.70. The molecule has 0 aliphatic heterocycles. The van der Waals surface area contributed by atoms with Gasteiger partial charge in [-0.15, -0.1) is 0 Å². The van der Waals surface area contributed by atoms with Gasteiger partial charge in [-0.25, -0.2) is 9.78 Å². The van der Waals surface area contributed by atoms with Crippen molar-refractivity contribution in [2.75, 3.05) is 18.4 Å². The van der Waals surface area contributed by atoms with E-state index in [4.69, 9.17) is 20.9 Å². The minimum absolute atomic E-state index is 0.0449. The van der Waals surface area contributed by atoms with Crippen molar-refractivity contribution in [3.63, 3.8) is 0 Å². The standard InChI is InChI=1S/C26H23N3O4S2/c1-33-26(31)29(19-13-7-4-8-14-19)28-25(30)23-20-15-9-10-16-22(20)27-24(18-11-5-3-6-12-18)21(23)17-35(2,32)34/h3-16H,17H2,1-2H3,(H,28,30). The van der Waals surface area contributed by atoms with Crippen LogP contribution >= 0.6 is 0 Å². The summed E-state index contributed by atoms with van der Waals surface area (Å²) >= 11 is 5.25. The van der Waals surface area contributed by atoms with E-state index in [1.165, 1.54) is 13.4 Å². The van der Waals surface area contributed by atoms with Gasteiger partial charge in [-0.1, -0.05) is 66.7 Å². The van der Waals surface area contributed by atoms with Gasteiger partial charge in [-0.3, -0.25) is 14.4 Å². The first-order valence-electron chi connectivity index (χ1n) is 10.7. The van der Waals surface area contributed by atoms with Crippen LogP contribution in [0.15, 0.2) is 84.9 Å². The molecule has 7 nitrogen and oxygen atoms in total. The SMILES string of the molecule is COC(=O)N(NC(=O)c1c(CS(C)(=O)=S)c(-c2ccccc2)nc2ccccc12)c1ccccc1. The number of anilines is 1. The topological polar surface area (TPSA) is 88.6 Å². The lowest BCUT2D eigenvalue weighted by Crippen LogP contribution is -2.47. The van der Waals surface area contributed by atoms with Gasteiger partial charge in [-0.2, -0.15) is 5.01 Å². The van der Waals surface area contributed by atoms with E-state index in [0.717, 1.165) is 10.6 Å². The average molecular weight is 506 g/mol. The molecule has 1 N–H and O–H groups in total. The van der Waals surface area contributed by atoms with Gasteiger partial charge >= 0.3 is 6.09 Å². The molecule has 0 saturated heterocycles. The monoisotopic (exact) mass is 505 g/mol. The normalized spacial score (nSPS) is 12.5. The van der Waals surface area contributed by atoms with Crippen LogP contribution in [0.2, 0.25) is 0 Å². The highest BCUT2D eigenvalue weighted by Crippen LogP contribution is 2.32. The largest absolute Gasteiger partial charge is 0.451 e. The van der Waals surface area contributed by atoms with Crippen molar-refractivity contribution in [2.24, 2.45) is 0 Å². The van der Waals surface area contributed by atoms with E-state index >= 15 is 0 Å². The number of hydrazine groups is 1. The molecular weight excluding hydrogens is 482 g/mol. The summed E-state index contributed by atoms with van der Waals surface area (Å²) in [5, 5.41) is 1.58. The number of hydrogen-bond donors (Lipinski definition) is 1. The van der Waals surface area contributed by atoms with Gasteiger partial charge in [0.15, 0.2) is 0 Å². The third-order valence-corrected chi connectivity index (χ3v) is 6.43. The third-order valence-electron chi connectivity index (χ3n) is 5.26. The Morgan fingerprint density at radius 3 is 2.20 bits per heavy atom. The molecule has 178 valence electrons. The van der Waals surface area contributed by atoms with Gasteiger partial charge in [-0.05, 0) is 29.4 Å². The molecule has 1 unspecified atom stereocenters. The summed E-state index contributed by atoms with van der Waals surface area (Å²) in [5.41, 5.74) is 5.63. The molecule has 3 aromatic carbocycles. The van der Waals surface area contributed by atoms with E-state index in [2.05, 4.69) is 5.43 Å². The molecule has 4 aromatic rings. The maximum Gasteiger partial charge on any atom is 0.433 e. The number of carbonyl (C=O) groups excluding carboxylic acids is 2. The molecule has 35 heavy (non-hydrogen) atoms. The lowest BCUT2D eigenvalue weighted by atomic mass is 9.97. The number of rotatable bonds is 5. The number of fused-ring (bicyclic) bond motifs is 1. The third kappa shape index (κ3) is 5.47. The van der Waals surface area contributed by atoms with Crippen LogP contribution in [0.25, 0.3) is 22.2 Å². The lowest BCUT2D eigenvalue weighted by molar-refractivity contribution is 0.0942. The Labute approximate surface area is 208 Å². The Bertz CT molecular complexity index is 1490. The number of methoxy groups -OCH3 is 1. The minimum Gasteiger partial charge on any atom is -0.451 e. The van der Waals surface area contributed by atoms with Crippen LogP contribution in [0.4, 0.5) is 10.5 Å². The number of hydrogen-bond acceptors (Lipinski definition) is 6. The zero-order valence-electron chi connectivity index (χ0n) is 19.1. The van der Waals surface area contributed by atoms with Crippen molar-refractivity contribution in [1.82, 2.24) is 10.4 Å². The first-order chi connectivity index (χ1) is 16.8. The number of para-hydroxylation sites is 2. The fourth-order valence-corrected chi connectivity index (χ4v) is 4.95. The van der Waals surface area contributed by atoms with Gasteiger partial charge in [0.05, 0.1) is 35.3 Å². The van der Waals surface area contributed by atoms with Crippen molar-refractivity contribution < 1.29 is 18.5 Å². The predicted molar refractivity (Wildman–Crippen MR) is 141 cm³/mol. The molecule has 0 fully saturated rings. The Hall–Kier alpha value is -3.82. The number of pyridine rings is 1. The average Bonchev–Trinajstić information content (AvgIpc) is 2.86. The molecule has 1 atom stereocenters. The molecule has 0 spiro atoms. The molecule has 0 bridgehead atoms. The molecule has 0 radical (unpaired) electrons. The Balaban J connectivity index is 1.95. The van der Waals surface area contributed by atoms with Crippen molar-refractivity contribution >= 4 is 48.3 Å². The fourth-order valence-electron chi connectivity index (χ4n) is 3.79. The second-order valence-electron chi connectivity index (χ2n) is 7.85. The summed E-state index contributed by atoms with van der Waals surface area (Å²) in [4.78, 5) is 31.2. The van der Waals surface area contributed by atoms with Crippen LogP contribution in [0.1, 0.15) is 15.9 Å². The quantitative estimate of drug-likeness (QED) is 0.396. The molecule has 1 heterocycles. The first kappa shape index (κ1) is 24.3. The van der Waals surface area contributed by atoms with Crippen LogP contribution in [-0.4, -0.2) is 34.6 Å². The number of nitrogens with one attached hydrogen (secondary N) is 1. The van der Waals surface area contributed by atoms with E-state index in [0.29, 0.717) is 27.8 Å². The van der Waals surface area contributed by atoms with Gasteiger partial charge in [0.1, 0.15) is 0 Å². The van der Waals surface area contributed by atoms with Crippen LogP contribution in [0.3, 0.4) is 0 Å². The van der Waals surface area contributed by atoms with Crippen molar-refractivity contribution in [2.45, 2.75) is 5.75 Å². The molecule has 9 heteroatoms. The molecular formula is C26H23N3O4S2.